The Morgan fingerprint density at radius 3 is 2.59 bits per heavy atom. The molecule has 122 valence electrons. The minimum atomic E-state index is 0. The molecular formula is C16H23ClN2OS2. The first-order valence-electron chi connectivity index (χ1n) is 7.65. The van der Waals surface area contributed by atoms with E-state index in [-0.39, 0.29) is 18.3 Å². The van der Waals surface area contributed by atoms with Crippen molar-refractivity contribution in [1.82, 2.24) is 10.6 Å². The summed E-state index contributed by atoms with van der Waals surface area (Å²) in [6, 6.07) is 8.13. The van der Waals surface area contributed by atoms with Crippen LogP contribution in [0.3, 0.4) is 0 Å². The summed E-state index contributed by atoms with van der Waals surface area (Å²) in [7, 11) is 0. The molecule has 3 nitrogen and oxygen atoms in total. The molecule has 6 heteroatoms. The largest absolute Gasteiger partial charge is 0.352 e. The predicted octanol–water partition coefficient (Wildman–Crippen LogP) is 3.32. The van der Waals surface area contributed by atoms with Gasteiger partial charge in [-0.3, -0.25) is 4.79 Å². The predicted molar refractivity (Wildman–Crippen MR) is 99.3 cm³/mol. The summed E-state index contributed by atoms with van der Waals surface area (Å²) in [6.07, 6.45) is 2.31. The fourth-order valence-corrected chi connectivity index (χ4v) is 5.65. The molecule has 0 spiro atoms. The van der Waals surface area contributed by atoms with Gasteiger partial charge in [0.1, 0.15) is 0 Å². The van der Waals surface area contributed by atoms with Gasteiger partial charge in [-0.2, -0.15) is 0 Å². The van der Waals surface area contributed by atoms with Crippen molar-refractivity contribution in [3.05, 3.63) is 35.4 Å². The molecule has 22 heavy (non-hydrogen) atoms. The summed E-state index contributed by atoms with van der Waals surface area (Å²) in [6.45, 7) is 3.00. The van der Waals surface area contributed by atoms with E-state index < -0.39 is 0 Å². The van der Waals surface area contributed by atoms with Crippen molar-refractivity contribution in [1.29, 1.82) is 0 Å². The zero-order valence-electron chi connectivity index (χ0n) is 12.5. The quantitative estimate of drug-likeness (QED) is 0.847. The Balaban J connectivity index is 0.00000176. The first-order chi connectivity index (χ1) is 10.3. The van der Waals surface area contributed by atoms with Crippen LogP contribution in [0.1, 0.15) is 33.3 Å². The highest BCUT2D eigenvalue weighted by atomic mass is 35.5. The van der Waals surface area contributed by atoms with Crippen molar-refractivity contribution < 1.29 is 4.79 Å². The molecule has 2 aliphatic rings. The Bertz CT molecular complexity index is 472. The van der Waals surface area contributed by atoms with Crippen LogP contribution in [0.4, 0.5) is 0 Å². The number of hydrogen-bond donors (Lipinski definition) is 2. The summed E-state index contributed by atoms with van der Waals surface area (Å²) in [5, 5.41) is 6.40. The van der Waals surface area contributed by atoms with Crippen molar-refractivity contribution in [3.63, 3.8) is 0 Å². The maximum Gasteiger partial charge on any atom is 0.251 e. The number of amides is 1. The Morgan fingerprint density at radius 2 is 1.95 bits per heavy atom. The number of halogens is 1. The second-order valence-electron chi connectivity index (χ2n) is 5.60. The number of rotatable bonds is 5. The highest BCUT2D eigenvalue weighted by molar-refractivity contribution is 8.19. The Hall–Kier alpha value is -0.360. The second-order valence-corrected chi connectivity index (χ2v) is 8.32. The number of hydrogen-bond acceptors (Lipinski definition) is 4. The first-order valence-corrected chi connectivity index (χ1v) is 9.75. The molecule has 1 aromatic rings. The Kier molecular flexibility index (Phi) is 7.41. The van der Waals surface area contributed by atoms with E-state index >= 15 is 0 Å². The highest BCUT2D eigenvalue weighted by Gasteiger charge is 2.18. The van der Waals surface area contributed by atoms with Crippen LogP contribution < -0.4 is 10.6 Å². The molecule has 1 atom stereocenters. The molecule has 2 heterocycles. The lowest BCUT2D eigenvalue weighted by Crippen LogP contribution is -2.26. The molecule has 2 N–H and O–H groups in total. The van der Waals surface area contributed by atoms with E-state index in [9.17, 15) is 4.79 Å². The maximum absolute atomic E-state index is 12.1. The van der Waals surface area contributed by atoms with Gasteiger partial charge in [0.2, 0.25) is 0 Å². The van der Waals surface area contributed by atoms with Gasteiger partial charge in [0.05, 0.1) is 4.58 Å². The zero-order valence-corrected chi connectivity index (χ0v) is 15.0. The third kappa shape index (κ3) is 4.82. The molecule has 0 radical (unpaired) electrons. The third-order valence-electron chi connectivity index (χ3n) is 4.07. The van der Waals surface area contributed by atoms with E-state index in [1.54, 1.807) is 0 Å². The molecule has 1 unspecified atom stereocenters. The third-order valence-corrected chi connectivity index (χ3v) is 7.17. The lowest BCUT2D eigenvalue weighted by atomic mass is 10.1. The molecule has 0 aliphatic carbocycles. The van der Waals surface area contributed by atoms with Gasteiger partial charge in [-0.25, -0.2) is 0 Å². The van der Waals surface area contributed by atoms with E-state index in [4.69, 9.17) is 0 Å². The van der Waals surface area contributed by atoms with Gasteiger partial charge in [0.15, 0.2) is 0 Å². The SMILES string of the molecule is Cl.O=C(NCCC1CCNC1)c1ccc(C2SCCS2)cc1. The van der Waals surface area contributed by atoms with E-state index in [0.717, 1.165) is 37.5 Å². The van der Waals surface area contributed by atoms with Gasteiger partial charge in [0.25, 0.3) is 5.91 Å². The van der Waals surface area contributed by atoms with Crippen LogP contribution in [0.5, 0.6) is 0 Å². The Labute approximate surface area is 147 Å². The molecule has 2 aliphatic heterocycles. The summed E-state index contributed by atoms with van der Waals surface area (Å²) >= 11 is 3.99. The average molecular weight is 359 g/mol. The van der Waals surface area contributed by atoms with E-state index in [0.29, 0.717) is 4.58 Å². The smallest absolute Gasteiger partial charge is 0.251 e. The summed E-state index contributed by atoms with van der Waals surface area (Å²) in [4.78, 5) is 12.1. The van der Waals surface area contributed by atoms with Gasteiger partial charge >= 0.3 is 0 Å². The van der Waals surface area contributed by atoms with Gasteiger partial charge < -0.3 is 10.6 Å². The summed E-state index contributed by atoms with van der Waals surface area (Å²) in [5.74, 6) is 3.24. The van der Waals surface area contributed by atoms with Crippen LogP contribution >= 0.6 is 35.9 Å². The van der Waals surface area contributed by atoms with Gasteiger partial charge in [-0.1, -0.05) is 12.1 Å². The normalized spacial score (nSPS) is 21.5. The monoisotopic (exact) mass is 358 g/mol. The van der Waals surface area contributed by atoms with Gasteiger partial charge in [-0.05, 0) is 49.5 Å². The molecule has 0 saturated carbocycles. The number of benzene rings is 1. The zero-order chi connectivity index (χ0) is 14.5. The molecular weight excluding hydrogens is 336 g/mol. The van der Waals surface area contributed by atoms with Crippen LogP contribution in [0.15, 0.2) is 24.3 Å². The van der Waals surface area contributed by atoms with E-state index in [2.05, 4.69) is 22.8 Å². The number of carbonyl (C=O) groups is 1. The highest BCUT2D eigenvalue weighted by Crippen LogP contribution is 2.45. The fraction of sp³-hybridized carbons (Fsp3) is 0.562. The van der Waals surface area contributed by atoms with E-state index in [1.165, 1.54) is 23.5 Å². The standard InChI is InChI=1S/C16H22N2OS2.ClH/c19-15(18-8-6-12-5-7-17-11-12)13-1-3-14(4-2-13)16-20-9-10-21-16;/h1-4,12,16-17H,5-11H2,(H,18,19);1H. The summed E-state index contributed by atoms with van der Waals surface area (Å²) < 4.78 is 0.553. The molecule has 0 aromatic heterocycles. The van der Waals surface area contributed by atoms with Gasteiger partial charge in [-0.15, -0.1) is 35.9 Å². The fourth-order valence-electron chi connectivity index (χ4n) is 2.80. The van der Waals surface area contributed by atoms with Crippen LogP contribution in [0.25, 0.3) is 0 Å². The first kappa shape index (κ1) is 18.0. The molecule has 1 amide bonds. The van der Waals surface area contributed by atoms with Crippen LogP contribution in [0.2, 0.25) is 0 Å². The molecule has 1 aromatic carbocycles. The lowest BCUT2D eigenvalue weighted by Gasteiger charge is -2.11. The van der Waals surface area contributed by atoms with Crippen molar-refractivity contribution in [2.75, 3.05) is 31.1 Å². The minimum Gasteiger partial charge on any atom is -0.352 e. The second kappa shape index (κ2) is 9.06. The van der Waals surface area contributed by atoms with Crippen LogP contribution in [-0.2, 0) is 0 Å². The summed E-state index contributed by atoms with van der Waals surface area (Å²) in [5.41, 5.74) is 2.10. The average Bonchev–Trinajstić information content (AvgIpc) is 3.21. The van der Waals surface area contributed by atoms with Crippen molar-refractivity contribution in [2.24, 2.45) is 5.92 Å². The molecule has 0 bridgehead atoms. The van der Waals surface area contributed by atoms with Crippen LogP contribution in [0, 0.1) is 5.92 Å². The molecule has 2 saturated heterocycles. The van der Waals surface area contributed by atoms with Crippen molar-refractivity contribution in [3.8, 4) is 0 Å². The lowest BCUT2D eigenvalue weighted by molar-refractivity contribution is 0.0951. The number of nitrogens with one attached hydrogen (secondary N) is 2. The molecule has 3 rings (SSSR count). The maximum atomic E-state index is 12.1. The molecule has 2 fully saturated rings. The van der Waals surface area contributed by atoms with E-state index in [1.807, 2.05) is 35.7 Å². The number of thioether (sulfide) groups is 2. The Morgan fingerprint density at radius 1 is 1.23 bits per heavy atom. The topological polar surface area (TPSA) is 41.1 Å². The minimum absolute atomic E-state index is 0. The van der Waals surface area contributed by atoms with Crippen LogP contribution in [-0.4, -0.2) is 37.0 Å². The van der Waals surface area contributed by atoms with Gasteiger partial charge in [0, 0.05) is 23.6 Å². The van der Waals surface area contributed by atoms with Crippen molar-refractivity contribution in [2.45, 2.75) is 17.4 Å². The number of carbonyl (C=O) groups excluding carboxylic acids is 1. The van der Waals surface area contributed by atoms with Crippen molar-refractivity contribution >= 4 is 41.8 Å².